The van der Waals surface area contributed by atoms with Gasteiger partial charge < -0.3 is 11.5 Å². The summed E-state index contributed by atoms with van der Waals surface area (Å²) in [7, 11) is 0. The number of hydrogen-bond donors (Lipinski definition) is 2. The fraction of sp³-hybridized carbons (Fsp3) is 0.0667. The van der Waals surface area contributed by atoms with E-state index in [0.717, 1.165) is 11.1 Å². The molecular formula is C15H13N3O. The SMILES string of the molecule is Cc1cccc(C#Cc2cc(C(N)=O)cnc2N)c1. The number of rotatable bonds is 1. The van der Waals surface area contributed by atoms with E-state index < -0.39 is 5.91 Å². The van der Waals surface area contributed by atoms with Gasteiger partial charge in [0.05, 0.1) is 11.1 Å². The zero-order valence-corrected chi connectivity index (χ0v) is 10.5. The summed E-state index contributed by atoms with van der Waals surface area (Å²) in [5.41, 5.74) is 13.7. The molecule has 4 N–H and O–H groups in total. The zero-order chi connectivity index (χ0) is 13.8. The number of carbonyl (C=O) groups excluding carboxylic acids is 1. The number of nitrogens with zero attached hydrogens (tertiary/aromatic N) is 1. The Kier molecular flexibility index (Phi) is 3.48. The van der Waals surface area contributed by atoms with Gasteiger partial charge >= 0.3 is 0 Å². The highest BCUT2D eigenvalue weighted by molar-refractivity contribution is 5.93. The van der Waals surface area contributed by atoms with Gasteiger partial charge in [-0.1, -0.05) is 24.0 Å². The molecule has 19 heavy (non-hydrogen) atoms. The molecule has 0 aliphatic carbocycles. The minimum absolute atomic E-state index is 0.283. The van der Waals surface area contributed by atoms with E-state index in [-0.39, 0.29) is 5.82 Å². The van der Waals surface area contributed by atoms with Crippen molar-refractivity contribution in [1.29, 1.82) is 0 Å². The summed E-state index contributed by atoms with van der Waals surface area (Å²) in [5.74, 6) is 5.63. The number of hydrogen-bond acceptors (Lipinski definition) is 3. The van der Waals surface area contributed by atoms with Gasteiger partial charge in [0.2, 0.25) is 5.91 Å². The second kappa shape index (κ2) is 5.23. The summed E-state index contributed by atoms with van der Waals surface area (Å²) < 4.78 is 0. The van der Waals surface area contributed by atoms with Gasteiger partial charge in [-0.3, -0.25) is 4.79 Å². The molecule has 0 fully saturated rings. The van der Waals surface area contributed by atoms with Crippen molar-refractivity contribution in [1.82, 2.24) is 4.98 Å². The summed E-state index contributed by atoms with van der Waals surface area (Å²) in [6.45, 7) is 1.99. The van der Waals surface area contributed by atoms with Crippen LogP contribution < -0.4 is 11.5 Å². The molecule has 1 heterocycles. The van der Waals surface area contributed by atoms with Crippen LogP contribution in [-0.4, -0.2) is 10.9 Å². The molecule has 1 amide bonds. The number of primary amides is 1. The zero-order valence-electron chi connectivity index (χ0n) is 10.5. The van der Waals surface area contributed by atoms with Gasteiger partial charge in [-0.2, -0.15) is 0 Å². The molecule has 0 aliphatic rings. The van der Waals surface area contributed by atoms with Crippen molar-refractivity contribution in [3.05, 3.63) is 58.8 Å². The van der Waals surface area contributed by atoms with E-state index in [0.29, 0.717) is 11.1 Å². The second-order valence-corrected chi connectivity index (χ2v) is 4.14. The lowest BCUT2D eigenvalue weighted by Gasteiger charge is -1.99. The molecule has 0 aliphatic heterocycles. The average Bonchev–Trinajstić information content (AvgIpc) is 2.37. The maximum atomic E-state index is 11.1. The van der Waals surface area contributed by atoms with Crippen LogP contribution in [0.25, 0.3) is 0 Å². The average molecular weight is 251 g/mol. The minimum Gasteiger partial charge on any atom is -0.383 e. The van der Waals surface area contributed by atoms with Gasteiger partial charge in [-0.15, -0.1) is 0 Å². The number of aromatic nitrogens is 1. The third-order valence-electron chi connectivity index (χ3n) is 2.56. The molecule has 0 spiro atoms. The normalized spacial score (nSPS) is 9.53. The van der Waals surface area contributed by atoms with Crippen LogP contribution in [0.1, 0.15) is 27.0 Å². The summed E-state index contributed by atoms with van der Waals surface area (Å²) in [6.07, 6.45) is 1.34. The maximum Gasteiger partial charge on any atom is 0.250 e. The van der Waals surface area contributed by atoms with Gasteiger partial charge in [0.25, 0.3) is 0 Å². The van der Waals surface area contributed by atoms with Crippen molar-refractivity contribution >= 4 is 11.7 Å². The molecule has 0 unspecified atom stereocenters. The lowest BCUT2D eigenvalue weighted by molar-refractivity contribution is 0.1000. The minimum atomic E-state index is -0.550. The smallest absolute Gasteiger partial charge is 0.250 e. The van der Waals surface area contributed by atoms with Crippen LogP contribution in [0.15, 0.2) is 36.5 Å². The van der Waals surface area contributed by atoms with Gasteiger partial charge in [-0.05, 0) is 30.7 Å². The molecule has 0 bridgehead atoms. The predicted octanol–water partition coefficient (Wildman–Crippen LogP) is 1.47. The Morgan fingerprint density at radius 3 is 2.74 bits per heavy atom. The fourth-order valence-corrected chi connectivity index (χ4v) is 1.57. The Balaban J connectivity index is 2.39. The van der Waals surface area contributed by atoms with Crippen LogP contribution >= 0.6 is 0 Å². The molecule has 4 nitrogen and oxygen atoms in total. The van der Waals surface area contributed by atoms with E-state index in [1.165, 1.54) is 6.20 Å². The number of amides is 1. The van der Waals surface area contributed by atoms with Crippen LogP contribution in [0.3, 0.4) is 0 Å². The lowest BCUT2D eigenvalue weighted by atomic mass is 10.1. The van der Waals surface area contributed by atoms with Crippen LogP contribution in [0.4, 0.5) is 5.82 Å². The van der Waals surface area contributed by atoms with E-state index in [1.54, 1.807) is 6.07 Å². The molecule has 2 aromatic rings. The molecule has 1 aromatic carbocycles. The van der Waals surface area contributed by atoms with Crippen LogP contribution in [0.5, 0.6) is 0 Å². The first-order valence-electron chi connectivity index (χ1n) is 5.70. The number of carbonyl (C=O) groups is 1. The summed E-state index contributed by atoms with van der Waals surface area (Å²) in [4.78, 5) is 15.0. The van der Waals surface area contributed by atoms with Gasteiger partial charge in [0.1, 0.15) is 5.82 Å². The number of benzene rings is 1. The molecule has 1 aromatic heterocycles. The van der Waals surface area contributed by atoms with E-state index in [9.17, 15) is 4.79 Å². The molecule has 0 saturated carbocycles. The molecule has 4 heteroatoms. The highest BCUT2D eigenvalue weighted by atomic mass is 16.1. The Labute approximate surface area is 111 Å². The first-order valence-corrected chi connectivity index (χ1v) is 5.70. The lowest BCUT2D eigenvalue weighted by Crippen LogP contribution is -2.12. The van der Waals surface area contributed by atoms with Crippen molar-refractivity contribution in [2.75, 3.05) is 5.73 Å². The third kappa shape index (κ3) is 3.11. The standard InChI is InChI=1S/C15H13N3O/c1-10-3-2-4-11(7-10)5-6-12-8-13(15(17)19)9-18-14(12)16/h2-4,7-9H,1H3,(H2,16,18)(H2,17,19). The van der Waals surface area contributed by atoms with Gasteiger partial charge in [-0.25, -0.2) is 4.98 Å². The molecular weight excluding hydrogens is 238 g/mol. The molecule has 2 rings (SSSR count). The van der Waals surface area contributed by atoms with Crippen LogP contribution in [0.2, 0.25) is 0 Å². The Morgan fingerprint density at radius 1 is 1.26 bits per heavy atom. The molecule has 94 valence electrons. The van der Waals surface area contributed by atoms with Crippen molar-refractivity contribution < 1.29 is 4.79 Å². The van der Waals surface area contributed by atoms with E-state index in [4.69, 9.17) is 11.5 Å². The number of nitrogen functional groups attached to an aromatic ring is 1. The highest BCUT2D eigenvalue weighted by Gasteiger charge is 2.04. The summed E-state index contributed by atoms with van der Waals surface area (Å²) >= 11 is 0. The predicted molar refractivity (Wildman–Crippen MR) is 74.3 cm³/mol. The second-order valence-electron chi connectivity index (χ2n) is 4.14. The van der Waals surface area contributed by atoms with Crippen molar-refractivity contribution in [3.8, 4) is 11.8 Å². The monoisotopic (exact) mass is 251 g/mol. The van der Waals surface area contributed by atoms with Gasteiger partial charge in [0.15, 0.2) is 0 Å². The highest BCUT2D eigenvalue weighted by Crippen LogP contribution is 2.10. The summed E-state index contributed by atoms with van der Waals surface area (Å²) in [6, 6.07) is 9.35. The van der Waals surface area contributed by atoms with Crippen LogP contribution in [-0.2, 0) is 0 Å². The Morgan fingerprint density at radius 2 is 2.05 bits per heavy atom. The van der Waals surface area contributed by atoms with Crippen molar-refractivity contribution in [2.24, 2.45) is 5.73 Å². The topological polar surface area (TPSA) is 82.0 Å². The molecule has 0 saturated heterocycles. The number of pyridine rings is 1. The Bertz CT molecular complexity index is 696. The van der Waals surface area contributed by atoms with E-state index in [2.05, 4.69) is 16.8 Å². The van der Waals surface area contributed by atoms with Crippen molar-refractivity contribution in [2.45, 2.75) is 6.92 Å². The third-order valence-corrected chi connectivity index (χ3v) is 2.56. The fourth-order valence-electron chi connectivity index (χ4n) is 1.57. The first kappa shape index (κ1) is 12.7. The van der Waals surface area contributed by atoms with E-state index >= 15 is 0 Å². The molecule has 0 atom stereocenters. The largest absolute Gasteiger partial charge is 0.383 e. The quantitative estimate of drug-likeness (QED) is 0.753. The van der Waals surface area contributed by atoms with Crippen molar-refractivity contribution in [3.63, 3.8) is 0 Å². The Hall–Kier alpha value is -2.80. The first-order chi connectivity index (χ1) is 9.06. The van der Waals surface area contributed by atoms with E-state index in [1.807, 2.05) is 31.2 Å². The molecule has 0 radical (unpaired) electrons. The summed E-state index contributed by atoms with van der Waals surface area (Å²) in [5, 5.41) is 0. The van der Waals surface area contributed by atoms with Gasteiger partial charge in [0, 0.05) is 11.8 Å². The van der Waals surface area contributed by atoms with Crippen LogP contribution in [0, 0.1) is 18.8 Å². The number of aryl methyl sites for hydroxylation is 1. The maximum absolute atomic E-state index is 11.1. The number of anilines is 1. The number of nitrogens with two attached hydrogens (primary N) is 2.